The SMILES string of the molecule is COc1cc(CCN2CC(CS(=O)(=O)Cl)CC2=O)cc(OC)c1. The summed E-state index contributed by atoms with van der Waals surface area (Å²) >= 11 is 0. The molecule has 1 aromatic rings. The lowest BCUT2D eigenvalue weighted by Crippen LogP contribution is -2.28. The maximum absolute atomic E-state index is 12.0. The van der Waals surface area contributed by atoms with Gasteiger partial charge in [-0.3, -0.25) is 4.79 Å². The van der Waals surface area contributed by atoms with E-state index in [4.69, 9.17) is 20.2 Å². The number of hydrogen-bond acceptors (Lipinski definition) is 5. The Kier molecular flexibility index (Phi) is 5.75. The highest BCUT2D eigenvalue weighted by molar-refractivity contribution is 8.13. The molecule has 1 heterocycles. The summed E-state index contributed by atoms with van der Waals surface area (Å²) in [6.07, 6.45) is 0.868. The van der Waals surface area contributed by atoms with Crippen LogP contribution < -0.4 is 9.47 Å². The first-order chi connectivity index (χ1) is 10.8. The van der Waals surface area contributed by atoms with Crippen molar-refractivity contribution < 1.29 is 22.7 Å². The average Bonchev–Trinajstić information content (AvgIpc) is 2.82. The van der Waals surface area contributed by atoms with E-state index in [9.17, 15) is 13.2 Å². The maximum Gasteiger partial charge on any atom is 0.232 e. The summed E-state index contributed by atoms with van der Waals surface area (Å²) < 4.78 is 32.7. The molecule has 128 valence electrons. The van der Waals surface area contributed by atoms with Crippen LogP contribution in [0, 0.1) is 5.92 Å². The molecule has 0 radical (unpaired) electrons. The zero-order valence-corrected chi connectivity index (χ0v) is 14.7. The second-order valence-electron chi connectivity index (χ2n) is 5.59. The molecule has 1 atom stereocenters. The Morgan fingerprint density at radius 2 is 1.83 bits per heavy atom. The van der Waals surface area contributed by atoms with Gasteiger partial charge in [0, 0.05) is 42.2 Å². The zero-order valence-electron chi connectivity index (χ0n) is 13.1. The van der Waals surface area contributed by atoms with Crippen LogP contribution in [-0.4, -0.2) is 52.3 Å². The Hall–Kier alpha value is -1.47. The van der Waals surface area contributed by atoms with E-state index in [1.807, 2.05) is 12.1 Å². The largest absolute Gasteiger partial charge is 0.497 e. The zero-order chi connectivity index (χ0) is 17.0. The van der Waals surface area contributed by atoms with Crippen molar-refractivity contribution in [2.75, 3.05) is 33.1 Å². The number of halogens is 1. The lowest BCUT2D eigenvalue weighted by atomic mass is 10.1. The second-order valence-corrected chi connectivity index (χ2v) is 8.41. The van der Waals surface area contributed by atoms with E-state index < -0.39 is 9.05 Å². The van der Waals surface area contributed by atoms with Gasteiger partial charge in [-0.1, -0.05) is 0 Å². The van der Waals surface area contributed by atoms with E-state index in [1.54, 1.807) is 25.2 Å². The van der Waals surface area contributed by atoms with E-state index in [1.165, 1.54) is 0 Å². The maximum atomic E-state index is 12.0. The highest BCUT2D eigenvalue weighted by atomic mass is 35.7. The van der Waals surface area contributed by atoms with Crippen LogP contribution in [0.4, 0.5) is 0 Å². The Morgan fingerprint density at radius 1 is 1.22 bits per heavy atom. The molecule has 0 aromatic heterocycles. The van der Waals surface area contributed by atoms with E-state index in [2.05, 4.69) is 0 Å². The van der Waals surface area contributed by atoms with E-state index in [0.717, 1.165) is 5.56 Å². The molecule has 2 rings (SSSR count). The van der Waals surface area contributed by atoms with Crippen LogP contribution in [0.15, 0.2) is 18.2 Å². The van der Waals surface area contributed by atoms with Gasteiger partial charge < -0.3 is 14.4 Å². The summed E-state index contributed by atoms with van der Waals surface area (Å²) in [5.74, 6) is 0.954. The first kappa shape index (κ1) is 17.9. The molecule has 1 aromatic carbocycles. The number of ether oxygens (including phenoxy) is 2. The first-order valence-corrected chi connectivity index (χ1v) is 9.70. The minimum atomic E-state index is -3.58. The number of rotatable bonds is 7. The molecule has 0 bridgehead atoms. The van der Waals surface area contributed by atoms with Gasteiger partial charge in [-0.15, -0.1) is 0 Å². The fourth-order valence-corrected chi connectivity index (χ4v) is 4.06. The monoisotopic (exact) mass is 361 g/mol. The first-order valence-electron chi connectivity index (χ1n) is 7.23. The molecule has 0 aliphatic carbocycles. The lowest BCUT2D eigenvalue weighted by Gasteiger charge is -2.17. The van der Waals surface area contributed by atoms with Crippen LogP contribution in [0.1, 0.15) is 12.0 Å². The summed E-state index contributed by atoms with van der Waals surface area (Å²) in [5, 5.41) is 0. The van der Waals surface area contributed by atoms with Crippen LogP contribution in [0.25, 0.3) is 0 Å². The molecule has 1 aliphatic heterocycles. The van der Waals surface area contributed by atoms with Gasteiger partial charge in [0.2, 0.25) is 15.0 Å². The van der Waals surface area contributed by atoms with Gasteiger partial charge in [0.15, 0.2) is 0 Å². The second kappa shape index (κ2) is 7.40. The Bertz CT molecular complexity index is 654. The fraction of sp³-hybridized carbons (Fsp3) is 0.533. The normalized spacial score (nSPS) is 18.3. The standard InChI is InChI=1S/C15H20ClNO5S/c1-21-13-5-11(6-14(8-13)22-2)3-4-17-9-12(7-15(17)18)10-23(16,19)20/h5-6,8,12H,3-4,7,9-10H2,1-2H3. The van der Waals surface area contributed by atoms with Crippen LogP contribution >= 0.6 is 10.7 Å². The van der Waals surface area contributed by atoms with E-state index in [-0.39, 0.29) is 24.0 Å². The molecule has 0 spiro atoms. The Balaban J connectivity index is 1.97. The highest BCUT2D eigenvalue weighted by Crippen LogP contribution is 2.24. The number of carbonyl (C=O) groups is 1. The number of nitrogens with zero attached hydrogens (tertiary/aromatic N) is 1. The van der Waals surface area contributed by atoms with Crippen molar-refractivity contribution in [1.82, 2.24) is 4.90 Å². The third-order valence-corrected chi connectivity index (χ3v) is 5.06. The van der Waals surface area contributed by atoms with Crippen LogP contribution in [-0.2, 0) is 20.3 Å². The Morgan fingerprint density at radius 3 is 2.35 bits per heavy atom. The molecule has 23 heavy (non-hydrogen) atoms. The van der Waals surface area contributed by atoms with Crippen molar-refractivity contribution in [2.45, 2.75) is 12.8 Å². The molecule has 1 amide bonds. The van der Waals surface area contributed by atoms with Crippen molar-refractivity contribution in [3.63, 3.8) is 0 Å². The van der Waals surface area contributed by atoms with Gasteiger partial charge in [0.05, 0.1) is 20.0 Å². The van der Waals surface area contributed by atoms with Crippen molar-refractivity contribution in [3.8, 4) is 11.5 Å². The van der Waals surface area contributed by atoms with Gasteiger partial charge in [-0.2, -0.15) is 0 Å². The van der Waals surface area contributed by atoms with Crippen LogP contribution in [0.3, 0.4) is 0 Å². The number of amides is 1. The van der Waals surface area contributed by atoms with E-state index >= 15 is 0 Å². The number of likely N-dealkylation sites (tertiary alicyclic amines) is 1. The van der Waals surface area contributed by atoms with Crippen molar-refractivity contribution >= 4 is 25.6 Å². The van der Waals surface area contributed by atoms with Crippen molar-refractivity contribution in [1.29, 1.82) is 0 Å². The fourth-order valence-electron chi connectivity index (χ4n) is 2.74. The Labute approximate surface area is 140 Å². The van der Waals surface area contributed by atoms with Crippen LogP contribution in [0.2, 0.25) is 0 Å². The predicted octanol–water partition coefficient (Wildman–Crippen LogP) is 1.66. The van der Waals surface area contributed by atoms with Gasteiger partial charge >= 0.3 is 0 Å². The van der Waals surface area contributed by atoms with Gasteiger partial charge in [-0.25, -0.2) is 8.42 Å². The molecule has 1 unspecified atom stereocenters. The summed E-state index contributed by atoms with van der Waals surface area (Å²) in [6.45, 7) is 0.944. The molecule has 1 aliphatic rings. The molecular formula is C15H20ClNO5S. The summed E-state index contributed by atoms with van der Waals surface area (Å²) in [5.41, 5.74) is 0.988. The molecule has 1 saturated heterocycles. The smallest absolute Gasteiger partial charge is 0.232 e. The predicted molar refractivity (Wildman–Crippen MR) is 87.6 cm³/mol. The molecule has 8 heteroatoms. The number of hydrogen-bond donors (Lipinski definition) is 0. The quantitative estimate of drug-likeness (QED) is 0.691. The minimum Gasteiger partial charge on any atom is -0.497 e. The minimum absolute atomic E-state index is 0.0369. The highest BCUT2D eigenvalue weighted by Gasteiger charge is 2.31. The molecular weight excluding hydrogens is 342 g/mol. The average molecular weight is 362 g/mol. The number of methoxy groups -OCH3 is 2. The van der Waals surface area contributed by atoms with Gasteiger partial charge in [-0.05, 0) is 24.1 Å². The molecule has 6 nitrogen and oxygen atoms in total. The van der Waals surface area contributed by atoms with Crippen LogP contribution in [0.5, 0.6) is 11.5 Å². The number of benzene rings is 1. The van der Waals surface area contributed by atoms with Gasteiger partial charge in [0.25, 0.3) is 0 Å². The summed E-state index contributed by atoms with van der Waals surface area (Å²) in [6, 6.07) is 5.57. The molecule has 0 N–H and O–H groups in total. The summed E-state index contributed by atoms with van der Waals surface area (Å²) in [4.78, 5) is 13.7. The van der Waals surface area contributed by atoms with E-state index in [0.29, 0.717) is 31.0 Å². The topological polar surface area (TPSA) is 72.9 Å². The van der Waals surface area contributed by atoms with Crippen molar-refractivity contribution in [3.05, 3.63) is 23.8 Å². The molecule has 0 saturated carbocycles. The third-order valence-electron chi connectivity index (χ3n) is 3.81. The van der Waals surface area contributed by atoms with Crippen molar-refractivity contribution in [2.24, 2.45) is 5.92 Å². The van der Waals surface area contributed by atoms with Gasteiger partial charge in [0.1, 0.15) is 11.5 Å². The molecule has 1 fully saturated rings. The third kappa shape index (κ3) is 5.28. The lowest BCUT2D eigenvalue weighted by molar-refractivity contribution is -0.127. The summed E-state index contributed by atoms with van der Waals surface area (Å²) in [7, 11) is 4.85. The number of carbonyl (C=O) groups excluding carboxylic acids is 1.